The van der Waals surface area contributed by atoms with E-state index in [1.165, 1.54) is 7.11 Å². The molecule has 1 aromatic rings. The number of ether oxygens (including phenoxy) is 1. The Morgan fingerprint density at radius 3 is 2.54 bits per heavy atom. The fourth-order valence-corrected chi connectivity index (χ4v) is 3.38. The minimum absolute atomic E-state index is 0.0585. The van der Waals surface area contributed by atoms with Gasteiger partial charge in [-0.2, -0.15) is 0 Å². The highest BCUT2D eigenvalue weighted by atomic mass is 16.5. The van der Waals surface area contributed by atoms with Crippen LogP contribution < -0.4 is 10.9 Å². The molecule has 0 aliphatic heterocycles. The Morgan fingerprint density at radius 2 is 1.92 bits per heavy atom. The number of rotatable bonds is 5. The fourth-order valence-electron chi connectivity index (χ4n) is 3.38. The van der Waals surface area contributed by atoms with E-state index in [-0.39, 0.29) is 11.1 Å². The van der Waals surface area contributed by atoms with Gasteiger partial charge < -0.3 is 14.6 Å². The topological polar surface area (TPSA) is 77.4 Å². The molecule has 0 spiro atoms. The van der Waals surface area contributed by atoms with E-state index < -0.39 is 17.4 Å². The number of methoxy groups -OCH3 is 1. The summed E-state index contributed by atoms with van der Waals surface area (Å²) in [5.41, 5.74) is 0.530. The molecule has 0 fully saturated rings. The van der Waals surface area contributed by atoms with Gasteiger partial charge in [0.15, 0.2) is 0 Å². The molecule has 0 atom stereocenters. The van der Waals surface area contributed by atoms with Gasteiger partial charge in [0, 0.05) is 12.2 Å². The lowest BCUT2D eigenvalue weighted by atomic mass is 9.95. The Bertz CT molecular complexity index is 762. The Balaban J connectivity index is 2.48. The second-order valence-electron chi connectivity index (χ2n) is 7.22. The lowest BCUT2D eigenvalue weighted by Gasteiger charge is -2.24. The minimum atomic E-state index is -1.22. The zero-order chi connectivity index (χ0) is 19.3. The molecule has 1 aromatic heterocycles. The molecule has 1 aliphatic rings. The van der Waals surface area contributed by atoms with Crippen molar-refractivity contribution in [3.05, 3.63) is 45.9 Å². The number of hydrogen-bond acceptors (Lipinski definition) is 4. The van der Waals surface area contributed by atoms with Crippen molar-refractivity contribution in [1.82, 2.24) is 9.88 Å². The molecule has 0 bridgehead atoms. The molecule has 6 nitrogen and oxygen atoms in total. The molecular weight excluding hydrogens is 332 g/mol. The van der Waals surface area contributed by atoms with E-state index in [1.54, 1.807) is 30.6 Å². The molecule has 6 heteroatoms. The van der Waals surface area contributed by atoms with Gasteiger partial charge in [0.25, 0.3) is 11.5 Å². The highest BCUT2D eigenvalue weighted by Crippen LogP contribution is 2.20. The summed E-state index contributed by atoms with van der Waals surface area (Å²) < 4.78 is 6.36. The van der Waals surface area contributed by atoms with Crippen LogP contribution in [0.25, 0.3) is 0 Å². The quantitative estimate of drug-likeness (QED) is 0.646. The molecule has 1 aliphatic carbocycles. The molecule has 1 N–H and O–H groups in total. The van der Waals surface area contributed by atoms with Crippen molar-refractivity contribution < 1.29 is 14.3 Å². The van der Waals surface area contributed by atoms with Gasteiger partial charge in [-0.25, -0.2) is 4.79 Å². The monoisotopic (exact) mass is 360 g/mol. The Morgan fingerprint density at radius 1 is 1.27 bits per heavy atom. The van der Waals surface area contributed by atoms with Gasteiger partial charge >= 0.3 is 5.97 Å². The van der Waals surface area contributed by atoms with Crippen LogP contribution in [0, 0.1) is 0 Å². The number of nitrogens with zero attached hydrogens (tertiary/aromatic N) is 1. The van der Waals surface area contributed by atoms with Gasteiger partial charge in [-0.05, 0) is 51.2 Å². The first-order valence-electron chi connectivity index (χ1n) is 9.09. The second-order valence-corrected chi connectivity index (χ2v) is 7.22. The SMILES string of the molecule is C=CCn1c2c(cc(C(=O)NC(C)(C)C(=O)OC)c1=O)CCCCCC2. The number of amides is 1. The first kappa shape index (κ1) is 19.9. The van der Waals surface area contributed by atoms with Crippen LogP contribution in [0.5, 0.6) is 0 Å². The number of pyridine rings is 1. The van der Waals surface area contributed by atoms with E-state index in [9.17, 15) is 14.4 Å². The normalized spacial score (nSPS) is 14.6. The molecule has 1 amide bonds. The molecule has 0 radical (unpaired) electrons. The molecule has 0 saturated carbocycles. The number of aryl methyl sites for hydroxylation is 1. The van der Waals surface area contributed by atoms with Gasteiger partial charge in [0.05, 0.1) is 7.11 Å². The van der Waals surface area contributed by atoms with Crippen LogP contribution in [-0.2, 0) is 28.9 Å². The number of esters is 1. The first-order valence-corrected chi connectivity index (χ1v) is 9.09. The van der Waals surface area contributed by atoms with Crippen molar-refractivity contribution in [2.45, 2.75) is 64.5 Å². The number of nitrogens with one attached hydrogen (secondary N) is 1. The number of allylic oxidation sites excluding steroid dienone is 1. The molecule has 0 unspecified atom stereocenters. The largest absolute Gasteiger partial charge is 0.467 e. The standard InChI is InChI=1S/C20H28N2O4/c1-5-12-22-16-11-9-7-6-8-10-14(16)13-15(18(22)24)17(23)21-20(2,3)19(25)26-4/h5,13H,1,6-12H2,2-4H3,(H,21,23). The van der Waals surface area contributed by atoms with E-state index in [2.05, 4.69) is 11.9 Å². The number of hydrogen-bond donors (Lipinski definition) is 1. The van der Waals surface area contributed by atoms with Crippen molar-refractivity contribution in [2.75, 3.05) is 7.11 Å². The predicted molar refractivity (Wildman–Crippen MR) is 100 cm³/mol. The lowest BCUT2D eigenvalue weighted by molar-refractivity contribution is -0.146. The highest BCUT2D eigenvalue weighted by molar-refractivity contribution is 5.97. The van der Waals surface area contributed by atoms with Crippen molar-refractivity contribution in [3.63, 3.8) is 0 Å². The number of fused-ring (bicyclic) bond motifs is 1. The zero-order valence-corrected chi connectivity index (χ0v) is 15.9. The maximum absolute atomic E-state index is 12.9. The van der Waals surface area contributed by atoms with Crippen LogP contribution in [0.1, 0.15) is 61.1 Å². The van der Waals surface area contributed by atoms with Crippen LogP contribution in [0.2, 0.25) is 0 Å². The van der Waals surface area contributed by atoms with E-state index in [1.807, 2.05) is 0 Å². The molecule has 2 rings (SSSR count). The van der Waals surface area contributed by atoms with Gasteiger partial charge in [0.2, 0.25) is 0 Å². The third-order valence-electron chi connectivity index (χ3n) is 4.78. The molecule has 1 heterocycles. The third-order valence-corrected chi connectivity index (χ3v) is 4.78. The molecule has 142 valence electrons. The van der Waals surface area contributed by atoms with Gasteiger partial charge in [0.1, 0.15) is 11.1 Å². The Labute approximate surface area is 154 Å². The van der Waals surface area contributed by atoms with Crippen LogP contribution >= 0.6 is 0 Å². The van der Waals surface area contributed by atoms with Crippen molar-refractivity contribution in [2.24, 2.45) is 0 Å². The van der Waals surface area contributed by atoms with E-state index in [4.69, 9.17) is 4.74 Å². The maximum Gasteiger partial charge on any atom is 0.330 e. The summed E-state index contributed by atoms with van der Waals surface area (Å²) in [4.78, 5) is 37.5. The molecule has 0 aromatic carbocycles. The zero-order valence-electron chi connectivity index (χ0n) is 15.9. The summed E-state index contributed by atoms with van der Waals surface area (Å²) in [7, 11) is 1.26. The van der Waals surface area contributed by atoms with Gasteiger partial charge in [-0.15, -0.1) is 6.58 Å². The average Bonchev–Trinajstić information content (AvgIpc) is 2.57. The summed E-state index contributed by atoms with van der Waals surface area (Å²) in [6.07, 6.45) is 7.70. The smallest absolute Gasteiger partial charge is 0.330 e. The van der Waals surface area contributed by atoms with Crippen LogP contribution in [0.3, 0.4) is 0 Å². The van der Waals surface area contributed by atoms with Crippen molar-refractivity contribution in [1.29, 1.82) is 0 Å². The molecule has 26 heavy (non-hydrogen) atoms. The van der Waals surface area contributed by atoms with Crippen molar-refractivity contribution >= 4 is 11.9 Å². The maximum atomic E-state index is 12.9. The molecule has 0 saturated heterocycles. The Hall–Kier alpha value is -2.37. The summed E-state index contributed by atoms with van der Waals surface area (Å²) in [5.74, 6) is -1.13. The average molecular weight is 360 g/mol. The van der Waals surface area contributed by atoms with Crippen molar-refractivity contribution in [3.8, 4) is 0 Å². The lowest BCUT2D eigenvalue weighted by Crippen LogP contribution is -2.51. The summed E-state index contributed by atoms with van der Waals surface area (Å²) in [5, 5.41) is 2.62. The number of carbonyl (C=O) groups is 2. The fraction of sp³-hybridized carbons (Fsp3) is 0.550. The van der Waals surface area contributed by atoms with E-state index in [0.717, 1.165) is 49.8 Å². The summed E-state index contributed by atoms with van der Waals surface area (Å²) >= 11 is 0. The molecular formula is C20H28N2O4. The van der Waals surface area contributed by atoms with Gasteiger partial charge in [-0.1, -0.05) is 18.9 Å². The number of aromatic nitrogens is 1. The van der Waals surface area contributed by atoms with Crippen LogP contribution in [0.15, 0.2) is 23.5 Å². The van der Waals surface area contributed by atoms with Crippen LogP contribution in [0.4, 0.5) is 0 Å². The van der Waals surface area contributed by atoms with E-state index in [0.29, 0.717) is 6.54 Å². The van der Waals surface area contributed by atoms with Gasteiger partial charge in [-0.3, -0.25) is 9.59 Å². The predicted octanol–water partition coefficient (Wildman–Crippen LogP) is 2.37. The summed E-state index contributed by atoms with van der Waals surface area (Å²) in [6, 6.07) is 1.70. The third kappa shape index (κ3) is 4.23. The second kappa shape index (κ2) is 8.34. The summed E-state index contributed by atoms with van der Waals surface area (Å²) in [6.45, 7) is 7.19. The van der Waals surface area contributed by atoms with Crippen LogP contribution in [-0.4, -0.2) is 29.1 Å². The van der Waals surface area contributed by atoms with E-state index >= 15 is 0 Å². The minimum Gasteiger partial charge on any atom is -0.467 e. The highest BCUT2D eigenvalue weighted by Gasteiger charge is 2.32. The Kier molecular flexibility index (Phi) is 6.40. The number of carbonyl (C=O) groups excluding carboxylic acids is 2. The first-order chi connectivity index (χ1) is 12.3.